The fourth-order valence-electron chi connectivity index (χ4n) is 1.99. The number of benzene rings is 1. The van der Waals surface area contributed by atoms with E-state index in [2.05, 4.69) is 5.32 Å². The number of rotatable bonds is 3. The first-order chi connectivity index (χ1) is 8.70. The van der Waals surface area contributed by atoms with Crippen LogP contribution in [0.4, 0.5) is 0 Å². The van der Waals surface area contributed by atoms with Crippen molar-refractivity contribution in [1.82, 2.24) is 10.2 Å². The van der Waals surface area contributed by atoms with Crippen LogP contribution in [0.1, 0.15) is 5.56 Å². The van der Waals surface area contributed by atoms with Gasteiger partial charge < -0.3 is 15.0 Å². The second kappa shape index (κ2) is 6.07. The summed E-state index contributed by atoms with van der Waals surface area (Å²) in [5, 5.41) is 3.80. The van der Waals surface area contributed by atoms with Crippen molar-refractivity contribution in [1.29, 1.82) is 0 Å². The van der Waals surface area contributed by atoms with Crippen molar-refractivity contribution in [2.24, 2.45) is 0 Å². The molecule has 98 valence electrons. The smallest absolute Gasteiger partial charge is 0.227 e. The predicted octanol–water partition coefficient (Wildman–Crippen LogP) is 1.32. The van der Waals surface area contributed by atoms with Gasteiger partial charge in [0, 0.05) is 31.2 Å². The molecule has 0 atom stereocenters. The summed E-state index contributed by atoms with van der Waals surface area (Å²) < 4.78 is 5.08. The summed E-state index contributed by atoms with van der Waals surface area (Å²) in [4.78, 5) is 14.0. The van der Waals surface area contributed by atoms with E-state index >= 15 is 0 Å². The maximum atomic E-state index is 12.1. The molecule has 0 aliphatic carbocycles. The summed E-state index contributed by atoms with van der Waals surface area (Å²) in [6.45, 7) is 3.27. The number of hydrogen-bond acceptors (Lipinski definition) is 3. The predicted molar refractivity (Wildman–Crippen MR) is 71.2 cm³/mol. The molecule has 1 aromatic carbocycles. The van der Waals surface area contributed by atoms with E-state index in [9.17, 15) is 4.79 Å². The molecule has 1 saturated heterocycles. The number of nitrogens with one attached hydrogen (secondary N) is 1. The van der Waals surface area contributed by atoms with E-state index in [1.54, 1.807) is 13.2 Å². The van der Waals surface area contributed by atoms with Crippen LogP contribution in [-0.4, -0.2) is 44.1 Å². The highest BCUT2D eigenvalue weighted by atomic mass is 35.5. The summed E-state index contributed by atoms with van der Waals surface area (Å²) >= 11 is 6.13. The van der Waals surface area contributed by atoms with E-state index in [0.29, 0.717) is 17.2 Å². The fourth-order valence-corrected chi connectivity index (χ4v) is 2.22. The van der Waals surface area contributed by atoms with Gasteiger partial charge in [0.2, 0.25) is 5.91 Å². The molecule has 1 fully saturated rings. The van der Waals surface area contributed by atoms with Gasteiger partial charge >= 0.3 is 0 Å². The molecule has 1 aromatic rings. The summed E-state index contributed by atoms with van der Waals surface area (Å²) in [7, 11) is 1.59. The number of carbonyl (C=O) groups is 1. The number of methoxy groups -OCH3 is 1. The normalized spacial score (nSPS) is 15.6. The Labute approximate surface area is 112 Å². The number of carbonyl (C=O) groups excluding carboxylic acids is 1. The highest BCUT2D eigenvalue weighted by Gasteiger charge is 2.17. The molecule has 0 saturated carbocycles. The van der Waals surface area contributed by atoms with Gasteiger partial charge in [-0.25, -0.2) is 0 Å². The van der Waals surface area contributed by atoms with Crippen LogP contribution in [0.3, 0.4) is 0 Å². The molecule has 0 bridgehead atoms. The number of amides is 1. The van der Waals surface area contributed by atoms with Crippen LogP contribution < -0.4 is 10.1 Å². The van der Waals surface area contributed by atoms with Crippen LogP contribution in [0.25, 0.3) is 0 Å². The third-order valence-electron chi connectivity index (χ3n) is 3.07. The average molecular weight is 269 g/mol. The molecule has 1 heterocycles. The lowest BCUT2D eigenvalue weighted by Crippen LogP contribution is -2.46. The second-order valence-corrected chi connectivity index (χ2v) is 4.67. The SMILES string of the molecule is COc1ccc(CC(=O)N2CCNCC2)c(Cl)c1. The van der Waals surface area contributed by atoms with Crippen molar-refractivity contribution < 1.29 is 9.53 Å². The monoisotopic (exact) mass is 268 g/mol. The van der Waals surface area contributed by atoms with E-state index in [0.717, 1.165) is 31.7 Å². The molecular formula is C13H17ClN2O2. The molecule has 4 nitrogen and oxygen atoms in total. The molecule has 1 N–H and O–H groups in total. The minimum absolute atomic E-state index is 0.128. The maximum absolute atomic E-state index is 12.1. The van der Waals surface area contributed by atoms with E-state index < -0.39 is 0 Å². The Bertz CT molecular complexity index is 431. The van der Waals surface area contributed by atoms with Gasteiger partial charge in [-0.2, -0.15) is 0 Å². The van der Waals surface area contributed by atoms with Crippen molar-refractivity contribution in [3.05, 3.63) is 28.8 Å². The highest BCUT2D eigenvalue weighted by Crippen LogP contribution is 2.23. The van der Waals surface area contributed by atoms with Gasteiger partial charge in [0.05, 0.1) is 13.5 Å². The molecule has 1 amide bonds. The standard InChI is InChI=1S/C13H17ClN2O2/c1-18-11-3-2-10(12(14)9-11)8-13(17)16-6-4-15-5-7-16/h2-3,9,15H,4-8H2,1H3. The van der Waals surface area contributed by atoms with E-state index in [1.807, 2.05) is 17.0 Å². The molecular weight excluding hydrogens is 252 g/mol. The first-order valence-corrected chi connectivity index (χ1v) is 6.39. The first kappa shape index (κ1) is 13.2. The first-order valence-electron chi connectivity index (χ1n) is 6.01. The van der Waals surface area contributed by atoms with E-state index in [-0.39, 0.29) is 5.91 Å². The molecule has 18 heavy (non-hydrogen) atoms. The quantitative estimate of drug-likeness (QED) is 0.899. The second-order valence-electron chi connectivity index (χ2n) is 4.26. The minimum atomic E-state index is 0.128. The number of nitrogens with zero attached hydrogens (tertiary/aromatic N) is 1. The number of hydrogen-bond donors (Lipinski definition) is 1. The number of piperazine rings is 1. The fraction of sp³-hybridized carbons (Fsp3) is 0.462. The van der Waals surface area contributed by atoms with Crippen LogP contribution in [-0.2, 0) is 11.2 Å². The Morgan fingerprint density at radius 3 is 2.78 bits per heavy atom. The van der Waals surface area contributed by atoms with Crippen molar-refractivity contribution >= 4 is 17.5 Å². The Kier molecular flexibility index (Phi) is 4.44. The lowest BCUT2D eigenvalue weighted by Gasteiger charge is -2.27. The zero-order chi connectivity index (χ0) is 13.0. The molecule has 5 heteroatoms. The van der Waals surface area contributed by atoms with Crippen LogP contribution in [0, 0.1) is 0 Å². The van der Waals surface area contributed by atoms with Gasteiger partial charge in [-0.3, -0.25) is 4.79 Å². The Morgan fingerprint density at radius 2 is 2.17 bits per heavy atom. The van der Waals surface area contributed by atoms with Gasteiger partial charge in [0.15, 0.2) is 0 Å². The Balaban J connectivity index is 2.02. The minimum Gasteiger partial charge on any atom is -0.497 e. The van der Waals surface area contributed by atoms with E-state index in [4.69, 9.17) is 16.3 Å². The highest BCUT2D eigenvalue weighted by molar-refractivity contribution is 6.31. The van der Waals surface area contributed by atoms with E-state index in [1.165, 1.54) is 0 Å². The molecule has 0 radical (unpaired) electrons. The lowest BCUT2D eigenvalue weighted by atomic mass is 10.1. The molecule has 0 spiro atoms. The molecule has 0 unspecified atom stereocenters. The van der Waals surface area contributed by atoms with Crippen molar-refractivity contribution in [2.75, 3.05) is 33.3 Å². The van der Waals surface area contributed by atoms with Gasteiger partial charge in [-0.05, 0) is 17.7 Å². The Morgan fingerprint density at radius 1 is 1.44 bits per heavy atom. The van der Waals surface area contributed by atoms with Gasteiger partial charge in [0.1, 0.15) is 5.75 Å². The summed E-state index contributed by atoms with van der Waals surface area (Å²) in [5.74, 6) is 0.835. The van der Waals surface area contributed by atoms with Crippen LogP contribution in [0.5, 0.6) is 5.75 Å². The summed E-state index contributed by atoms with van der Waals surface area (Å²) in [6.07, 6.45) is 0.350. The number of ether oxygens (including phenoxy) is 1. The summed E-state index contributed by atoms with van der Waals surface area (Å²) in [6, 6.07) is 5.41. The zero-order valence-electron chi connectivity index (χ0n) is 10.4. The third kappa shape index (κ3) is 3.15. The van der Waals surface area contributed by atoms with Gasteiger partial charge in [-0.15, -0.1) is 0 Å². The molecule has 1 aliphatic heterocycles. The average Bonchev–Trinajstić information content (AvgIpc) is 2.42. The largest absolute Gasteiger partial charge is 0.497 e. The van der Waals surface area contributed by atoms with Crippen LogP contribution in [0.15, 0.2) is 18.2 Å². The third-order valence-corrected chi connectivity index (χ3v) is 3.42. The molecule has 2 rings (SSSR count). The zero-order valence-corrected chi connectivity index (χ0v) is 11.2. The molecule has 0 aromatic heterocycles. The van der Waals surface area contributed by atoms with Crippen molar-refractivity contribution in [3.63, 3.8) is 0 Å². The summed E-state index contributed by atoms with van der Waals surface area (Å²) in [5.41, 5.74) is 0.848. The maximum Gasteiger partial charge on any atom is 0.227 e. The van der Waals surface area contributed by atoms with Crippen LogP contribution in [0.2, 0.25) is 5.02 Å². The molecule has 1 aliphatic rings. The van der Waals surface area contributed by atoms with Crippen molar-refractivity contribution in [3.8, 4) is 5.75 Å². The topological polar surface area (TPSA) is 41.6 Å². The van der Waals surface area contributed by atoms with Gasteiger partial charge in [-0.1, -0.05) is 17.7 Å². The van der Waals surface area contributed by atoms with Crippen LogP contribution >= 0.6 is 11.6 Å². The van der Waals surface area contributed by atoms with Gasteiger partial charge in [0.25, 0.3) is 0 Å². The number of halogens is 1. The Hall–Kier alpha value is -1.26. The van der Waals surface area contributed by atoms with Crippen molar-refractivity contribution in [2.45, 2.75) is 6.42 Å². The lowest BCUT2D eigenvalue weighted by molar-refractivity contribution is -0.131.